The molecule has 1 aliphatic rings. The van der Waals surface area contributed by atoms with Gasteiger partial charge in [0.25, 0.3) is 0 Å². The van der Waals surface area contributed by atoms with Crippen molar-refractivity contribution < 1.29 is 0 Å². The fourth-order valence-corrected chi connectivity index (χ4v) is 1.83. The summed E-state index contributed by atoms with van der Waals surface area (Å²) >= 11 is 0. The second-order valence-corrected chi connectivity index (χ2v) is 3.74. The SMILES string of the molecule is CCCCCC1C(C)CN1N. The van der Waals surface area contributed by atoms with E-state index in [0.29, 0.717) is 6.04 Å². The first kappa shape index (κ1) is 9.01. The highest BCUT2D eigenvalue weighted by molar-refractivity contribution is 4.84. The molecule has 0 amide bonds. The van der Waals surface area contributed by atoms with Crippen molar-refractivity contribution in [2.75, 3.05) is 6.54 Å². The second kappa shape index (κ2) is 4.07. The van der Waals surface area contributed by atoms with Crippen molar-refractivity contribution in [3.05, 3.63) is 0 Å². The Bertz CT molecular complexity index is 106. The molecule has 1 saturated heterocycles. The first-order valence-electron chi connectivity index (χ1n) is 4.77. The van der Waals surface area contributed by atoms with Gasteiger partial charge in [-0.3, -0.25) is 5.84 Å². The van der Waals surface area contributed by atoms with E-state index in [1.54, 1.807) is 0 Å². The van der Waals surface area contributed by atoms with Gasteiger partial charge in [0, 0.05) is 12.6 Å². The molecule has 0 saturated carbocycles. The van der Waals surface area contributed by atoms with Gasteiger partial charge in [-0.05, 0) is 12.3 Å². The lowest BCUT2D eigenvalue weighted by molar-refractivity contribution is 0.0179. The maximum Gasteiger partial charge on any atom is 0.0279 e. The Kier molecular flexibility index (Phi) is 3.34. The summed E-state index contributed by atoms with van der Waals surface area (Å²) in [7, 11) is 0. The maximum atomic E-state index is 5.73. The zero-order chi connectivity index (χ0) is 8.27. The van der Waals surface area contributed by atoms with Crippen LogP contribution in [-0.2, 0) is 0 Å². The number of hydrogen-bond acceptors (Lipinski definition) is 2. The number of rotatable bonds is 4. The van der Waals surface area contributed by atoms with Crippen molar-refractivity contribution in [3.63, 3.8) is 0 Å². The van der Waals surface area contributed by atoms with E-state index in [0.717, 1.165) is 12.5 Å². The predicted octanol–water partition coefficient (Wildman–Crippen LogP) is 1.76. The zero-order valence-corrected chi connectivity index (χ0v) is 7.71. The van der Waals surface area contributed by atoms with Gasteiger partial charge in [-0.1, -0.05) is 33.1 Å². The molecule has 11 heavy (non-hydrogen) atoms. The number of hydrazine groups is 1. The molecule has 66 valence electrons. The van der Waals surface area contributed by atoms with E-state index in [1.165, 1.54) is 25.7 Å². The largest absolute Gasteiger partial charge is 0.269 e. The van der Waals surface area contributed by atoms with Crippen LogP contribution in [0.25, 0.3) is 0 Å². The van der Waals surface area contributed by atoms with E-state index >= 15 is 0 Å². The van der Waals surface area contributed by atoms with Crippen LogP contribution in [0.1, 0.15) is 39.5 Å². The Labute approximate surface area is 69.7 Å². The van der Waals surface area contributed by atoms with Crippen molar-refractivity contribution in [1.82, 2.24) is 5.01 Å². The highest BCUT2D eigenvalue weighted by atomic mass is 15.5. The smallest absolute Gasteiger partial charge is 0.0279 e. The van der Waals surface area contributed by atoms with Gasteiger partial charge in [-0.15, -0.1) is 0 Å². The topological polar surface area (TPSA) is 29.3 Å². The molecule has 2 unspecified atom stereocenters. The average Bonchev–Trinajstić information content (AvgIpc) is 1.98. The number of nitrogens with two attached hydrogens (primary N) is 1. The van der Waals surface area contributed by atoms with E-state index < -0.39 is 0 Å². The molecule has 2 nitrogen and oxygen atoms in total. The molecule has 2 heteroatoms. The van der Waals surface area contributed by atoms with E-state index in [1.807, 2.05) is 5.01 Å². The third kappa shape index (κ3) is 2.17. The van der Waals surface area contributed by atoms with Gasteiger partial charge in [0.15, 0.2) is 0 Å². The molecule has 2 atom stereocenters. The van der Waals surface area contributed by atoms with Crippen molar-refractivity contribution in [3.8, 4) is 0 Å². The Balaban J connectivity index is 2.06. The Hall–Kier alpha value is -0.0800. The van der Waals surface area contributed by atoms with Gasteiger partial charge in [-0.25, -0.2) is 5.01 Å². The maximum absolute atomic E-state index is 5.73. The summed E-state index contributed by atoms with van der Waals surface area (Å²) in [4.78, 5) is 0. The van der Waals surface area contributed by atoms with Crippen LogP contribution in [0.15, 0.2) is 0 Å². The molecular weight excluding hydrogens is 136 g/mol. The van der Waals surface area contributed by atoms with Gasteiger partial charge in [0.05, 0.1) is 0 Å². The molecule has 0 aliphatic carbocycles. The van der Waals surface area contributed by atoms with Gasteiger partial charge in [0.2, 0.25) is 0 Å². The molecule has 0 radical (unpaired) electrons. The normalized spacial score (nSPS) is 31.9. The minimum Gasteiger partial charge on any atom is -0.269 e. The molecule has 2 N–H and O–H groups in total. The lowest BCUT2D eigenvalue weighted by Crippen LogP contribution is -2.58. The average molecular weight is 156 g/mol. The predicted molar refractivity (Wildman–Crippen MR) is 48.0 cm³/mol. The Morgan fingerprint density at radius 1 is 1.45 bits per heavy atom. The van der Waals surface area contributed by atoms with E-state index in [4.69, 9.17) is 5.84 Å². The summed E-state index contributed by atoms with van der Waals surface area (Å²) in [5, 5.41) is 1.99. The van der Waals surface area contributed by atoms with Crippen LogP contribution >= 0.6 is 0 Å². The first-order valence-corrected chi connectivity index (χ1v) is 4.77. The minimum absolute atomic E-state index is 0.682. The third-order valence-electron chi connectivity index (χ3n) is 2.69. The molecule has 0 aromatic heterocycles. The molecule has 0 spiro atoms. The van der Waals surface area contributed by atoms with Gasteiger partial charge in [0.1, 0.15) is 0 Å². The zero-order valence-electron chi connectivity index (χ0n) is 7.71. The second-order valence-electron chi connectivity index (χ2n) is 3.74. The van der Waals surface area contributed by atoms with Gasteiger partial charge >= 0.3 is 0 Å². The molecule has 1 heterocycles. The van der Waals surface area contributed by atoms with Crippen molar-refractivity contribution >= 4 is 0 Å². The fourth-order valence-electron chi connectivity index (χ4n) is 1.83. The standard InChI is InChI=1S/C9H20N2/c1-3-4-5-6-9-8(2)7-11(9)10/h8-9H,3-7,10H2,1-2H3. The van der Waals surface area contributed by atoms with Crippen LogP contribution < -0.4 is 5.84 Å². The quantitative estimate of drug-likeness (QED) is 0.496. The van der Waals surface area contributed by atoms with Crippen LogP contribution in [0.2, 0.25) is 0 Å². The molecule has 0 aromatic rings. The van der Waals surface area contributed by atoms with E-state index in [9.17, 15) is 0 Å². The van der Waals surface area contributed by atoms with Gasteiger partial charge < -0.3 is 0 Å². The van der Waals surface area contributed by atoms with E-state index in [-0.39, 0.29) is 0 Å². The molecule has 1 fully saturated rings. The van der Waals surface area contributed by atoms with Crippen LogP contribution in [0.4, 0.5) is 0 Å². The minimum atomic E-state index is 0.682. The summed E-state index contributed by atoms with van der Waals surface area (Å²) in [5.74, 6) is 6.56. The lowest BCUT2D eigenvalue weighted by Gasteiger charge is -2.43. The third-order valence-corrected chi connectivity index (χ3v) is 2.69. The Morgan fingerprint density at radius 2 is 2.18 bits per heavy atom. The summed E-state index contributed by atoms with van der Waals surface area (Å²) in [5.41, 5.74) is 0. The number of unbranched alkanes of at least 4 members (excludes halogenated alkanes) is 2. The van der Waals surface area contributed by atoms with Crippen LogP contribution in [0, 0.1) is 5.92 Å². The summed E-state index contributed by atoms with van der Waals surface area (Å²) in [6.07, 6.45) is 5.31. The lowest BCUT2D eigenvalue weighted by atomic mass is 9.88. The molecule has 0 bridgehead atoms. The molecule has 1 rings (SSSR count). The number of nitrogens with zero attached hydrogens (tertiary/aromatic N) is 1. The van der Waals surface area contributed by atoms with Crippen molar-refractivity contribution in [2.45, 2.75) is 45.6 Å². The van der Waals surface area contributed by atoms with Gasteiger partial charge in [-0.2, -0.15) is 0 Å². The molecular formula is C9H20N2. The summed E-state index contributed by atoms with van der Waals surface area (Å²) in [6.45, 7) is 5.63. The molecule has 0 aromatic carbocycles. The summed E-state index contributed by atoms with van der Waals surface area (Å²) in [6, 6.07) is 0.682. The monoisotopic (exact) mass is 156 g/mol. The van der Waals surface area contributed by atoms with Crippen molar-refractivity contribution in [2.24, 2.45) is 11.8 Å². The highest BCUT2D eigenvalue weighted by Gasteiger charge is 2.32. The highest BCUT2D eigenvalue weighted by Crippen LogP contribution is 2.25. The van der Waals surface area contributed by atoms with Crippen molar-refractivity contribution in [1.29, 1.82) is 0 Å². The van der Waals surface area contributed by atoms with E-state index in [2.05, 4.69) is 13.8 Å². The molecule has 1 aliphatic heterocycles. The fraction of sp³-hybridized carbons (Fsp3) is 1.00. The Morgan fingerprint density at radius 3 is 2.64 bits per heavy atom. The number of hydrogen-bond donors (Lipinski definition) is 1. The van der Waals surface area contributed by atoms with Crippen LogP contribution in [0.5, 0.6) is 0 Å². The van der Waals surface area contributed by atoms with Crippen LogP contribution in [0.3, 0.4) is 0 Å². The van der Waals surface area contributed by atoms with Crippen LogP contribution in [-0.4, -0.2) is 17.6 Å². The first-order chi connectivity index (χ1) is 5.25. The summed E-state index contributed by atoms with van der Waals surface area (Å²) < 4.78 is 0.